The molecule has 9 nitrogen and oxygen atoms in total. The van der Waals surface area contributed by atoms with Crippen LogP contribution in [0, 0.1) is 0 Å². The molecule has 4 N–H and O–H groups in total. The summed E-state index contributed by atoms with van der Waals surface area (Å²) in [5.74, 6) is 6.63. The highest BCUT2D eigenvalue weighted by molar-refractivity contribution is 5.38. The van der Waals surface area contributed by atoms with Gasteiger partial charge in [-0.05, 0) is 19.3 Å². The molecule has 2 unspecified atom stereocenters. The number of rotatable bonds is 5. The SMILES string of the molecule is COC1CCCC1Nc1nc(NN)nc(-n2ccnc2)n1. The zero-order valence-electron chi connectivity index (χ0n) is 11.7. The molecule has 0 radical (unpaired) electrons. The van der Waals surface area contributed by atoms with E-state index in [1.54, 1.807) is 30.4 Å². The lowest BCUT2D eigenvalue weighted by molar-refractivity contribution is 0.101. The number of hydrazine groups is 1. The van der Waals surface area contributed by atoms with Crippen LogP contribution in [0.4, 0.5) is 11.9 Å². The molecule has 0 aliphatic heterocycles. The van der Waals surface area contributed by atoms with Crippen molar-refractivity contribution in [2.24, 2.45) is 5.84 Å². The van der Waals surface area contributed by atoms with E-state index in [-0.39, 0.29) is 12.1 Å². The van der Waals surface area contributed by atoms with Crippen molar-refractivity contribution in [1.82, 2.24) is 24.5 Å². The zero-order chi connectivity index (χ0) is 14.7. The van der Waals surface area contributed by atoms with E-state index in [2.05, 4.69) is 30.7 Å². The van der Waals surface area contributed by atoms with Crippen LogP contribution >= 0.6 is 0 Å². The molecule has 0 saturated heterocycles. The minimum atomic E-state index is 0.174. The fourth-order valence-electron chi connectivity index (χ4n) is 2.53. The maximum absolute atomic E-state index is 5.47. The highest BCUT2D eigenvalue weighted by Gasteiger charge is 2.27. The quantitative estimate of drug-likeness (QED) is 0.532. The van der Waals surface area contributed by atoms with Gasteiger partial charge in [0.1, 0.15) is 6.33 Å². The van der Waals surface area contributed by atoms with Crippen LogP contribution in [-0.2, 0) is 4.74 Å². The molecule has 3 rings (SSSR count). The second-order valence-electron chi connectivity index (χ2n) is 4.85. The van der Waals surface area contributed by atoms with Crippen molar-refractivity contribution in [2.75, 3.05) is 17.9 Å². The van der Waals surface area contributed by atoms with Crippen molar-refractivity contribution in [3.63, 3.8) is 0 Å². The predicted octanol–water partition coefficient (Wildman–Crippen LogP) is 0.322. The second kappa shape index (κ2) is 6.02. The third-order valence-corrected chi connectivity index (χ3v) is 3.56. The maximum atomic E-state index is 5.47. The third-order valence-electron chi connectivity index (χ3n) is 3.56. The minimum absolute atomic E-state index is 0.174. The van der Waals surface area contributed by atoms with Crippen LogP contribution in [0.5, 0.6) is 0 Å². The molecule has 1 fully saturated rings. The lowest BCUT2D eigenvalue weighted by atomic mass is 10.2. The first kappa shape index (κ1) is 13.7. The average molecular weight is 290 g/mol. The summed E-state index contributed by atoms with van der Waals surface area (Å²) in [6, 6.07) is 0.193. The number of ether oxygens (including phenoxy) is 1. The highest BCUT2D eigenvalue weighted by atomic mass is 16.5. The van der Waals surface area contributed by atoms with Crippen molar-refractivity contribution in [2.45, 2.75) is 31.4 Å². The van der Waals surface area contributed by atoms with E-state index >= 15 is 0 Å². The van der Waals surface area contributed by atoms with E-state index in [0.717, 1.165) is 19.3 Å². The van der Waals surface area contributed by atoms with Gasteiger partial charge in [0.2, 0.25) is 17.8 Å². The van der Waals surface area contributed by atoms with Crippen LogP contribution in [0.3, 0.4) is 0 Å². The van der Waals surface area contributed by atoms with Crippen LogP contribution in [0.15, 0.2) is 18.7 Å². The number of aromatic nitrogens is 5. The molecule has 0 bridgehead atoms. The number of nitrogens with zero attached hydrogens (tertiary/aromatic N) is 5. The molecule has 2 heterocycles. The van der Waals surface area contributed by atoms with Crippen molar-refractivity contribution >= 4 is 11.9 Å². The summed E-state index contributed by atoms with van der Waals surface area (Å²) in [5.41, 5.74) is 2.45. The lowest BCUT2D eigenvalue weighted by Gasteiger charge is -2.19. The van der Waals surface area contributed by atoms with Gasteiger partial charge in [-0.2, -0.15) is 15.0 Å². The summed E-state index contributed by atoms with van der Waals surface area (Å²) in [6.07, 6.45) is 8.39. The Morgan fingerprint density at radius 1 is 1.29 bits per heavy atom. The van der Waals surface area contributed by atoms with Crippen LogP contribution in [0.25, 0.3) is 5.95 Å². The molecular formula is C12H18N8O. The highest BCUT2D eigenvalue weighted by Crippen LogP contribution is 2.24. The van der Waals surface area contributed by atoms with Gasteiger partial charge >= 0.3 is 0 Å². The topological polar surface area (TPSA) is 116 Å². The Kier molecular flexibility index (Phi) is 3.93. The Balaban J connectivity index is 1.86. The first-order valence-electron chi connectivity index (χ1n) is 6.80. The van der Waals surface area contributed by atoms with E-state index in [1.807, 2.05) is 0 Å². The number of nitrogen functional groups attached to an aromatic ring is 1. The molecule has 0 spiro atoms. The predicted molar refractivity (Wildman–Crippen MR) is 76.8 cm³/mol. The Hall–Kier alpha value is -2.26. The average Bonchev–Trinajstić information content (AvgIpc) is 3.18. The van der Waals surface area contributed by atoms with Crippen LogP contribution in [0.2, 0.25) is 0 Å². The zero-order valence-corrected chi connectivity index (χ0v) is 11.7. The van der Waals surface area contributed by atoms with Gasteiger partial charge in [0, 0.05) is 19.5 Å². The van der Waals surface area contributed by atoms with Gasteiger partial charge in [0.25, 0.3) is 0 Å². The van der Waals surface area contributed by atoms with Crippen molar-refractivity contribution < 1.29 is 4.74 Å². The summed E-state index contributed by atoms with van der Waals surface area (Å²) in [4.78, 5) is 16.8. The number of imidazole rings is 1. The summed E-state index contributed by atoms with van der Waals surface area (Å²) >= 11 is 0. The van der Waals surface area contributed by atoms with Gasteiger partial charge in [-0.3, -0.25) is 9.99 Å². The first-order chi connectivity index (χ1) is 10.3. The van der Waals surface area contributed by atoms with Crippen molar-refractivity contribution in [3.8, 4) is 5.95 Å². The van der Waals surface area contributed by atoms with Gasteiger partial charge in [-0.15, -0.1) is 0 Å². The normalized spacial score (nSPS) is 21.4. The molecule has 2 aromatic heterocycles. The maximum Gasteiger partial charge on any atom is 0.243 e. The third kappa shape index (κ3) is 2.93. The molecule has 1 aliphatic carbocycles. The van der Waals surface area contributed by atoms with Crippen LogP contribution in [-0.4, -0.2) is 43.8 Å². The molecule has 1 aliphatic rings. The number of anilines is 2. The van der Waals surface area contributed by atoms with E-state index in [9.17, 15) is 0 Å². The van der Waals surface area contributed by atoms with Crippen LogP contribution < -0.4 is 16.6 Å². The van der Waals surface area contributed by atoms with Crippen LogP contribution in [0.1, 0.15) is 19.3 Å². The summed E-state index contributed by atoms with van der Waals surface area (Å²) in [7, 11) is 1.72. The monoisotopic (exact) mass is 290 g/mol. The smallest absolute Gasteiger partial charge is 0.243 e. The largest absolute Gasteiger partial charge is 0.379 e. The van der Waals surface area contributed by atoms with Gasteiger partial charge in [-0.25, -0.2) is 10.8 Å². The van der Waals surface area contributed by atoms with Gasteiger partial charge in [0.15, 0.2) is 0 Å². The number of nitrogens with two attached hydrogens (primary N) is 1. The Morgan fingerprint density at radius 2 is 2.14 bits per heavy atom. The second-order valence-corrected chi connectivity index (χ2v) is 4.85. The molecule has 112 valence electrons. The van der Waals surface area contributed by atoms with Crippen molar-refractivity contribution in [3.05, 3.63) is 18.7 Å². The Labute approximate surface area is 121 Å². The van der Waals surface area contributed by atoms with Gasteiger partial charge < -0.3 is 10.1 Å². The molecule has 9 heteroatoms. The van der Waals surface area contributed by atoms with Gasteiger partial charge in [-0.1, -0.05) is 0 Å². The molecule has 0 amide bonds. The number of methoxy groups -OCH3 is 1. The summed E-state index contributed by atoms with van der Waals surface area (Å²) in [5, 5.41) is 3.30. The van der Waals surface area contributed by atoms with Crippen molar-refractivity contribution in [1.29, 1.82) is 0 Å². The molecule has 2 aromatic rings. The van der Waals surface area contributed by atoms with E-state index < -0.39 is 0 Å². The Bertz CT molecular complexity index is 587. The lowest BCUT2D eigenvalue weighted by Crippen LogP contribution is -2.31. The molecule has 2 atom stereocenters. The summed E-state index contributed by atoms with van der Waals surface area (Å²) in [6.45, 7) is 0. The number of hydrogen-bond donors (Lipinski definition) is 3. The fraction of sp³-hybridized carbons (Fsp3) is 0.500. The number of hydrogen-bond acceptors (Lipinski definition) is 8. The standard InChI is InChI=1S/C12H18N8O/c1-21-9-4-2-3-8(9)15-10-16-11(19-13)18-12(17-10)20-6-5-14-7-20/h5-9H,2-4,13H2,1H3,(H2,15,16,17,18,19). The van der Waals surface area contributed by atoms with E-state index in [0.29, 0.717) is 17.8 Å². The Morgan fingerprint density at radius 3 is 2.86 bits per heavy atom. The fourth-order valence-corrected chi connectivity index (χ4v) is 2.53. The summed E-state index contributed by atoms with van der Waals surface area (Å²) < 4.78 is 7.16. The van der Waals surface area contributed by atoms with E-state index in [4.69, 9.17) is 10.6 Å². The number of nitrogens with one attached hydrogen (secondary N) is 2. The first-order valence-corrected chi connectivity index (χ1v) is 6.80. The molecule has 0 aromatic carbocycles. The molecule has 1 saturated carbocycles. The minimum Gasteiger partial charge on any atom is -0.379 e. The molecular weight excluding hydrogens is 272 g/mol. The van der Waals surface area contributed by atoms with E-state index in [1.165, 1.54) is 0 Å². The molecule has 21 heavy (non-hydrogen) atoms. The van der Waals surface area contributed by atoms with Gasteiger partial charge in [0.05, 0.1) is 12.1 Å².